The first kappa shape index (κ1) is 22.0. The monoisotopic (exact) mass is 447 g/mol. The van der Waals surface area contributed by atoms with Crippen molar-refractivity contribution >= 4 is 23.4 Å². The highest BCUT2D eigenvalue weighted by atomic mass is 19.3. The lowest BCUT2D eigenvalue weighted by molar-refractivity contribution is -0.0498. The highest BCUT2D eigenvalue weighted by Crippen LogP contribution is 2.22. The van der Waals surface area contributed by atoms with Gasteiger partial charge in [-0.15, -0.1) is 0 Å². The van der Waals surface area contributed by atoms with Gasteiger partial charge >= 0.3 is 12.6 Å². The molecule has 0 bridgehead atoms. The maximum absolute atomic E-state index is 12.6. The minimum atomic E-state index is -2.91. The third-order valence-electron chi connectivity index (χ3n) is 5.67. The van der Waals surface area contributed by atoms with Crippen LogP contribution in [-0.2, 0) is 0 Å². The molecule has 0 spiro atoms. The number of carbonyl (C=O) groups excluding carboxylic acids is 1. The molecule has 3 heterocycles. The molecular formula is C21H27F2N7O2. The van der Waals surface area contributed by atoms with Crippen molar-refractivity contribution in [2.24, 2.45) is 0 Å². The molecule has 2 fully saturated rings. The molecule has 32 heavy (non-hydrogen) atoms. The van der Waals surface area contributed by atoms with Crippen molar-refractivity contribution in [3.05, 3.63) is 36.7 Å². The molecule has 2 aliphatic rings. The lowest BCUT2D eigenvalue weighted by Crippen LogP contribution is -2.50. The molecule has 4 rings (SSSR count). The van der Waals surface area contributed by atoms with Crippen LogP contribution in [0.2, 0.25) is 0 Å². The van der Waals surface area contributed by atoms with Crippen LogP contribution >= 0.6 is 0 Å². The molecule has 2 aliphatic heterocycles. The number of hydrogen-bond donors (Lipinski definition) is 1. The summed E-state index contributed by atoms with van der Waals surface area (Å²) in [6, 6.07) is 7.71. The number of likely N-dealkylation sites (N-methyl/N-ethyl adjacent to an activating group) is 1. The second kappa shape index (κ2) is 9.94. The summed E-state index contributed by atoms with van der Waals surface area (Å²) in [5.74, 6) is 1.78. The van der Waals surface area contributed by atoms with Gasteiger partial charge in [0.1, 0.15) is 23.7 Å². The third-order valence-corrected chi connectivity index (χ3v) is 5.67. The van der Waals surface area contributed by atoms with E-state index in [0.717, 1.165) is 37.8 Å². The molecular weight excluding hydrogens is 420 g/mol. The van der Waals surface area contributed by atoms with Gasteiger partial charge in [-0.05, 0) is 19.2 Å². The predicted molar refractivity (Wildman–Crippen MR) is 118 cm³/mol. The van der Waals surface area contributed by atoms with Gasteiger partial charge in [0.25, 0.3) is 0 Å². The normalized spacial score (nSPS) is 17.6. The van der Waals surface area contributed by atoms with Crippen molar-refractivity contribution in [3.8, 4) is 5.75 Å². The van der Waals surface area contributed by atoms with Crippen molar-refractivity contribution in [1.82, 2.24) is 19.8 Å². The summed E-state index contributed by atoms with van der Waals surface area (Å²) >= 11 is 0. The number of benzene rings is 1. The number of alkyl halides is 2. The Morgan fingerprint density at radius 1 is 0.969 bits per heavy atom. The minimum absolute atomic E-state index is 0.00235. The number of nitrogens with one attached hydrogen (secondary N) is 1. The van der Waals surface area contributed by atoms with Crippen LogP contribution in [0.5, 0.6) is 5.75 Å². The smallest absolute Gasteiger partial charge is 0.387 e. The van der Waals surface area contributed by atoms with Crippen LogP contribution in [-0.4, -0.2) is 91.8 Å². The van der Waals surface area contributed by atoms with Crippen LogP contribution in [0.15, 0.2) is 36.7 Å². The van der Waals surface area contributed by atoms with E-state index in [-0.39, 0.29) is 11.8 Å². The number of anilines is 3. The number of ether oxygens (including phenoxy) is 1. The van der Waals surface area contributed by atoms with Crippen LogP contribution in [0.3, 0.4) is 0 Å². The first-order valence-electron chi connectivity index (χ1n) is 10.6. The van der Waals surface area contributed by atoms with Crippen molar-refractivity contribution < 1.29 is 18.3 Å². The zero-order valence-electron chi connectivity index (χ0n) is 18.0. The predicted octanol–water partition coefficient (Wildman–Crippen LogP) is 2.18. The summed E-state index contributed by atoms with van der Waals surface area (Å²) < 4.78 is 29.2. The number of hydrogen-bond acceptors (Lipinski definition) is 7. The third kappa shape index (κ3) is 5.52. The summed E-state index contributed by atoms with van der Waals surface area (Å²) in [7, 11) is 2.12. The number of halogens is 2. The van der Waals surface area contributed by atoms with Crippen molar-refractivity contribution in [2.45, 2.75) is 6.61 Å². The van der Waals surface area contributed by atoms with Crippen molar-refractivity contribution in [2.75, 3.05) is 74.5 Å². The van der Waals surface area contributed by atoms with Gasteiger partial charge < -0.3 is 29.7 Å². The molecule has 0 atom stereocenters. The van der Waals surface area contributed by atoms with Crippen LogP contribution in [0.4, 0.5) is 30.9 Å². The number of piperazine rings is 2. The van der Waals surface area contributed by atoms with Gasteiger partial charge in [-0.1, -0.05) is 6.07 Å². The number of carbonyl (C=O) groups is 1. The molecule has 0 radical (unpaired) electrons. The molecule has 0 unspecified atom stereocenters. The highest BCUT2D eigenvalue weighted by Gasteiger charge is 2.23. The van der Waals surface area contributed by atoms with E-state index in [0.29, 0.717) is 31.9 Å². The minimum Gasteiger partial charge on any atom is -0.435 e. The molecule has 172 valence electrons. The lowest BCUT2D eigenvalue weighted by atomic mass is 10.3. The molecule has 0 saturated carbocycles. The zero-order valence-corrected chi connectivity index (χ0v) is 18.0. The largest absolute Gasteiger partial charge is 0.435 e. The molecule has 9 nitrogen and oxygen atoms in total. The second-order valence-electron chi connectivity index (χ2n) is 7.84. The molecule has 11 heteroatoms. The zero-order chi connectivity index (χ0) is 22.5. The van der Waals surface area contributed by atoms with Crippen molar-refractivity contribution in [3.63, 3.8) is 0 Å². The molecule has 1 aromatic heterocycles. The Bertz CT molecular complexity index is 917. The first-order chi connectivity index (χ1) is 15.5. The van der Waals surface area contributed by atoms with E-state index in [2.05, 4.69) is 41.8 Å². The lowest BCUT2D eigenvalue weighted by Gasteiger charge is -2.36. The highest BCUT2D eigenvalue weighted by molar-refractivity contribution is 5.89. The van der Waals surface area contributed by atoms with E-state index >= 15 is 0 Å². The second-order valence-corrected chi connectivity index (χ2v) is 7.84. The standard InChI is InChI=1S/C21H27F2N7O2/c1-27-5-7-28(8-6-27)18-14-19(25-15-24-18)29-9-11-30(12-10-29)21(31)26-16-3-2-4-17(13-16)32-20(22)23/h2-4,13-15,20H,5-12H2,1H3,(H,26,31). The molecule has 1 aromatic carbocycles. The summed E-state index contributed by atoms with van der Waals surface area (Å²) in [6.07, 6.45) is 1.59. The van der Waals surface area contributed by atoms with Gasteiger partial charge in [-0.2, -0.15) is 8.78 Å². The van der Waals surface area contributed by atoms with Gasteiger partial charge in [-0.25, -0.2) is 14.8 Å². The fraction of sp³-hybridized carbons (Fsp3) is 0.476. The fourth-order valence-electron chi connectivity index (χ4n) is 3.81. The Balaban J connectivity index is 1.31. The van der Waals surface area contributed by atoms with Crippen molar-refractivity contribution in [1.29, 1.82) is 0 Å². The van der Waals surface area contributed by atoms with Gasteiger partial charge in [0.15, 0.2) is 0 Å². The number of nitrogens with zero attached hydrogens (tertiary/aromatic N) is 6. The number of amides is 2. The Labute approximate surface area is 185 Å². The quantitative estimate of drug-likeness (QED) is 0.753. The van der Waals surface area contributed by atoms with E-state index in [9.17, 15) is 13.6 Å². The van der Waals surface area contributed by atoms with E-state index in [1.54, 1.807) is 23.4 Å². The average molecular weight is 447 g/mol. The Morgan fingerprint density at radius 3 is 2.22 bits per heavy atom. The molecule has 1 N–H and O–H groups in total. The van der Waals surface area contributed by atoms with Crippen LogP contribution in [0.25, 0.3) is 0 Å². The molecule has 2 amide bonds. The number of aromatic nitrogens is 2. The summed E-state index contributed by atoms with van der Waals surface area (Å²) in [5, 5.41) is 2.74. The van der Waals surface area contributed by atoms with E-state index in [1.807, 2.05) is 6.07 Å². The van der Waals surface area contributed by atoms with Crippen LogP contribution in [0.1, 0.15) is 0 Å². The maximum atomic E-state index is 12.6. The summed E-state index contributed by atoms with van der Waals surface area (Å²) in [4.78, 5) is 29.9. The van der Waals surface area contributed by atoms with Gasteiger partial charge in [0, 0.05) is 70.2 Å². The van der Waals surface area contributed by atoms with Gasteiger partial charge in [0.05, 0.1) is 0 Å². The SMILES string of the molecule is CN1CCN(c2cc(N3CCN(C(=O)Nc4cccc(OC(F)F)c4)CC3)ncn2)CC1. The number of rotatable bonds is 5. The first-order valence-corrected chi connectivity index (χ1v) is 10.6. The molecule has 2 aromatic rings. The topological polar surface area (TPSA) is 77.1 Å². The Morgan fingerprint density at radius 2 is 1.59 bits per heavy atom. The van der Waals surface area contributed by atoms with Crippen LogP contribution < -0.4 is 19.9 Å². The van der Waals surface area contributed by atoms with Gasteiger partial charge in [0.2, 0.25) is 0 Å². The van der Waals surface area contributed by atoms with E-state index in [4.69, 9.17) is 0 Å². The molecule has 0 aliphatic carbocycles. The molecule has 2 saturated heterocycles. The summed E-state index contributed by atoms with van der Waals surface area (Å²) in [5.41, 5.74) is 0.406. The van der Waals surface area contributed by atoms with Gasteiger partial charge in [-0.3, -0.25) is 0 Å². The summed E-state index contributed by atoms with van der Waals surface area (Å²) in [6.45, 7) is 3.29. The van der Waals surface area contributed by atoms with Crippen LogP contribution in [0, 0.1) is 0 Å². The Hall–Kier alpha value is -3.21. The van der Waals surface area contributed by atoms with E-state index in [1.165, 1.54) is 12.1 Å². The Kier molecular flexibility index (Phi) is 6.84. The number of urea groups is 1. The average Bonchev–Trinajstić information content (AvgIpc) is 2.79. The fourth-order valence-corrected chi connectivity index (χ4v) is 3.81. The maximum Gasteiger partial charge on any atom is 0.387 e. The van der Waals surface area contributed by atoms with E-state index < -0.39 is 6.61 Å².